The number of ether oxygens (including phenoxy) is 3. The van der Waals surface area contributed by atoms with Crippen molar-refractivity contribution in [3.63, 3.8) is 0 Å². The van der Waals surface area contributed by atoms with Gasteiger partial charge >= 0.3 is 0 Å². The van der Waals surface area contributed by atoms with Crippen LogP contribution in [0.2, 0.25) is 0 Å². The lowest BCUT2D eigenvalue weighted by Gasteiger charge is -2.15. The van der Waals surface area contributed by atoms with E-state index in [0.29, 0.717) is 33.0 Å². The van der Waals surface area contributed by atoms with Crippen molar-refractivity contribution >= 4 is 50.5 Å². The van der Waals surface area contributed by atoms with Crippen LogP contribution in [0.1, 0.15) is 20.9 Å². The Kier molecular flexibility index (Phi) is 6.84. The third-order valence-electron chi connectivity index (χ3n) is 3.90. The van der Waals surface area contributed by atoms with Crippen LogP contribution < -0.4 is 19.5 Å². The Balaban J connectivity index is 1.80. The lowest BCUT2D eigenvalue weighted by molar-refractivity contribution is 0.102. The summed E-state index contributed by atoms with van der Waals surface area (Å²) in [5, 5.41) is 11.9. The van der Waals surface area contributed by atoms with Crippen molar-refractivity contribution < 1.29 is 19.0 Å². The van der Waals surface area contributed by atoms with Crippen LogP contribution in [-0.2, 0) is 0 Å². The molecule has 0 bridgehead atoms. The second-order valence-corrected chi connectivity index (χ2v) is 7.45. The van der Waals surface area contributed by atoms with Gasteiger partial charge in [-0.3, -0.25) is 10.1 Å². The number of nitrogens with one attached hydrogen (secondary N) is 1. The lowest BCUT2D eigenvalue weighted by Crippen LogP contribution is -2.11. The number of methoxy groups -OCH3 is 3. The number of anilines is 1. The van der Waals surface area contributed by atoms with Crippen LogP contribution in [0.4, 0.5) is 5.13 Å². The minimum atomic E-state index is -0.232. The summed E-state index contributed by atoms with van der Waals surface area (Å²) >= 11 is 4.80. The third kappa shape index (κ3) is 4.75. The molecule has 1 amide bonds. The molecule has 1 aromatic heterocycles. The largest absolute Gasteiger partial charge is 0.493 e. The van der Waals surface area contributed by atoms with Crippen molar-refractivity contribution in [2.45, 2.75) is 0 Å². The number of hydrogen-bond donors (Lipinski definition) is 1. The van der Waals surface area contributed by atoms with Crippen LogP contribution in [0.3, 0.4) is 0 Å². The molecule has 0 aliphatic rings. The van der Waals surface area contributed by atoms with Gasteiger partial charge in [-0.2, -0.15) is 0 Å². The van der Waals surface area contributed by atoms with Crippen LogP contribution in [0, 0.1) is 0 Å². The zero-order valence-electron chi connectivity index (χ0n) is 15.9. The highest BCUT2D eigenvalue weighted by molar-refractivity contribution is 9.10. The first kappa shape index (κ1) is 20.8. The quantitative estimate of drug-likeness (QED) is 0.530. The number of aromatic nitrogens is 2. The number of amides is 1. The third-order valence-corrected chi connectivity index (χ3v) is 5.52. The number of hydrogen-bond acceptors (Lipinski definition) is 7. The van der Waals surface area contributed by atoms with Gasteiger partial charge in [-0.15, -0.1) is 10.2 Å². The van der Waals surface area contributed by atoms with Crippen molar-refractivity contribution in [2.24, 2.45) is 0 Å². The molecule has 0 atom stereocenters. The van der Waals surface area contributed by atoms with Crippen LogP contribution in [-0.4, -0.2) is 37.4 Å². The standard InChI is InChI=1S/C20H18BrN3O4S/c1-26-14-11-13(16(21)18(28-3)17(14)27-2)9-10-15-23-24-20(29-15)22-19(25)12-7-5-4-6-8-12/h4-11H,1-3H3,(H,22,24,25)/b10-9+. The highest BCUT2D eigenvalue weighted by atomic mass is 79.9. The highest BCUT2D eigenvalue weighted by Crippen LogP contribution is 2.45. The van der Waals surface area contributed by atoms with E-state index in [4.69, 9.17) is 14.2 Å². The summed E-state index contributed by atoms with van der Waals surface area (Å²) < 4.78 is 16.9. The van der Waals surface area contributed by atoms with Gasteiger partial charge in [0.05, 0.1) is 25.8 Å². The molecule has 150 valence electrons. The van der Waals surface area contributed by atoms with Crippen LogP contribution in [0.15, 0.2) is 40.9 Å². The first-order valence-electron chi connectivity index (χ1n) is 8.43. The molecule has 0 radical (unpaired) electrons. The summed E-state index contributed by atoms with van der Waals surface area (Å²) in [6, 6.07) is 10.8. The van der Waals surface area contributed by atoms with Crippen LogP contribution >= 0.6 is 27.3 Å². The summed E-state index contributed by atoms with van der Waals surface area (Å²) in [4.78, 5) is 12.2. The van der Waals surface area contributed by atoms with Crippen molar-refractivity contribution in [1.82, 2.24) is 10.2 Å². The molecule has 1 heterocycles. The van der Waals surface area contributed by atoms with E-state index in [9.17, 15) is 4.79 Å². The van der Waals surface area contributed by atoms with Crippen LogP contribution in [0.5, 0.6) is 17.2 Å². The van der Waals surface area contributed by atoms with Gasteiger partial charge in [0.1, 0.15) is 5.01 Å². The molecular formula is C20H18BrN3O4S. The highest BCUT2D eigenvalue weighted by Gasteiger charge is 2.18. The van der Waals surface area contributed by atoms with Gasteiger partial charge in [-0.1, -0.05) is 35.6 Å². The summed E-state index contributed by atoms with van der Waals surface area (Å²) in [6.07, 6.45) is 3.64. The zero-order chi connectivity index (χ0) is 20.8. The van der Waals surface area contributed by atoms with E-state index in [1.165, 1.54) is 11.3 Å². The Labute approximate surface area is 180 Å². The first-order valence-corrected chi connectivity index (χ1v) is 10.0. The van der Waals surface area contributed by atoms with Gasteiger partial charge in [-0.05, 0) is 45.8 Å². The van der Waals surface area contributed by atoms with E-state index in [1.54, 1.807) is 51.7 Å². The average Bonchev–Trinajstić information content (AvgIpc) is 3.20. The molecule has 3 rings (SSSR count). The van der Waals surface area contributed by atoms with Crippen molar-refractivity contribution in [3.8, 4) is 17.2 Å². The zero-order valence-corrected chi connectivity index (χ0v) is 18.3. The smallest absolute Gasteiger partial charge is 0.257 e. The van der Waals surface area contributed by atoms with Crippen molar-refractivity contribution in [3.05, 3.63) is 57.0 Å². The van der Waals surface area contributed by atoms with Crippen molar-refractivity contribution in [2.75, 3.05) is 26.6 Å². The molecule has 7 nitrogen and oxygen atoms in total. The summed E-state index contributed by atoms with van der Waals surface area (Å²) in [7, 11) is 4.67. The fourth-order valence-corrected chi connectivity index (χ4v) is 3.76. The maximum atomic E-state index is 12.2. The Hall–Kier alpha value is -2.91. The normalized spacial score (nSPS) is 10.8. The summed E-state index contributed by atoms with van der Waals surface area (Å²) in [6.45, 7) is 0. The van der Waals surface area contributed by atoms with Gasteiger partial charge in [-0.25, -0.2) is 0 Å². The molecule has 0 saturated heterocycles. The second kappa shape index (κ2) is 9.53. The number of benzene rings is 2. The fraction of sp³-hybridized carbons (Fsp3) is 0.150. The predicted molar refractivity (Wildman–Crippen MR) is 117 cm³/mol. The minimum absolute atomic E-state index is 0.232. The second-order valence-electron chi connectivity index (χ2n) is 5.65. The molecule has 0 aliphatic heterocycles. The fourth-order valence-electron chi connectivity index (χ4n) is 2.53. The van der Waals surface area contributed by atoms with E-state index < -0.39 is 0 Å². The minimum Gasteiger partial charge on any atom is -0.493 e. The van der Waals surface area contributed by atoms with Crippen molar-refractivity contribution in [1.29, 1.82) is 0 Å². The van der Waals surface area contributed by atoms with E-state index in [0.717, 1.165) is 10.0 Å². The first-order chi connectivity index (χ1) is 14.1. The van der Waals surface area contributed by atoms with Gasteiger partial charge in [0.15, 0.2) is 11.5 Å². The summed E-state index contributed by atoms with van der Waals surface area (Å²) in [5.74, 6) is 1.34. The Bertz CT molecular complexity index is 1040. The van der Waals surface area contributed by atoms with E-state index in [1.807, 2.05) is 18.2 Å². The van der Waals surface area contributed by atoms with E-state index in [2.05, 4.69) is 31.4 Å². The Morgan fingerprint density at radius 1 is 1.03 bits per heavy atom. The Morgan fingerprint density at radius 3 is 2.41 bits per heavy atom. The molecule has 9 heteroatoms. The maximum absolute atomic E-state index is 12.2. The van der Waals surface area contributed by atoms with E-state index >= 15 is 0 Å². The number of rotatable bonds is 7. The summed E-state index contributed by atoms with van der Waals surface area (Å²) in [5.41, 5.74) is 1.37. The Morgan fingerprint density at radius 2 is 1.76 bits per heavy atom. The molecule has 0 spiro atoms. The lowest BCUT2D eigenvalue weighted by atomic mass is 10.1. The molecule has 0 fully saturated rings. The van der Waals surface area contributed by atoms with Gasteiger partial charge < -0.3 is 14.2 Å². The molecule has 29 heavy (non-hydrogen) atoms. The topological polar surface area (TPSA) is 82.6 Å². The molecule has 1 N–H and O–H groups in total. The molecule has 3 aromatic rings. The molecule has 0 aliphatic carbocycles. The predicted octanol–water partition coefficient (Wildman–Crippen LogP) is 4.75. The van der Waals surface area contributed by atoms with Crippen LogP contribution in [0.25, 0.3) is 12.2 Å². The molecular weight excluding hydrogens is 458 g/mol. The maximum Gasteiger partial charge on any atom is 0.257 e. The van der Waals surface area contributed by atoms with Gasteiger partial charge in [0, 0.05) is 5.56 Å². The monoisotopic (exact) mass is 475 g/mol. The molecule has 0 saturated carbocycles. The van der Waals surface area contributed by atoms with E-state index in [-0.39, 0.29) is 5.91 Å². The van der Waals surface area contributed by atoms with Gasteiger partial charge in [0.2, 0.25) is 10.9 Å². The molecule has 0 unspecified atom stereocenters. The number of carbonyl (C=O) groups is 1. The number of nitrogens with zero attached hydrogens (tertiary/aromatic N) is 2. The average molecular weight is 476 g/mol. The molecule has 2 aromatic carbocycles. The number of halogens is 1. The SMILES string of the molecule is COc1cc(/C=C/c2nnc(NC(=O)c3ccccc3)s2)c(Br)c(OC)c1OC. The van der Waals surface area contributed by atoms with Gasteiger partial charge in [0.25, 0.3) is 5.91 Å². The number of carbonyl (C=O) groups excluding carboxylic acids is 1.